The van der Waals surface area contributed by atoms with Crippen LogP contribution >= 0.6 is 0 Å². The van der Waals surface area contributed by atoms with Crippen molar-refractivity contribution < 1.29 is 13.6 Å². The average molecular weight is 372 g/mol. The minimum atomic E-state index is -3.00. The van der Waals surface area contributed by atoms with E-state index in [0.29, 0.717) is 18.2 Å². The normalized spacial score (nSPS) is 18.0. The van der Waals surface area contributed by atoms with Crippen LogP contribution in [0.25, 0.3) is 0 Å². The predicted octanol–water partition coefficient (Wildman–Crippen LogP) is 4.51. The third-order valence-corrected chi connectivity index (χ3v) is 5.53. The van der Waals surface area contributed by atoms with Gasteiger partial charge in [-0.15, -0.1) is 0 Å². The van der Waals surface area contributed by atoms with Crippen LogP contribution in [-0.2, 0) is 16.1 Å². The standard InChI is InChI=1S/C20H22F2N4O/c1-13(27)24-17-10-15-14(11-23-17)20(8-3-4-9-20)12-26(15)18-7-5-6-16(25-18)19(2,21)22/h5-7,10-11H,3-4,8-9,12H2,1-2H3,(H,23,24,27). The topological polar surface area (TPSA) is 58.1 Å². The molecule has 1 aliphatic carbocycles. The summed E-state index contributed by atoms with van der Waals surface area (Å²) in [4.78, 5) is 22.0. The van der Waals surface area contributed by atoms with Crippen LogP contribution in [0.2, 0.25) is 0 Å². The van der Waals surface area contributed by atoms with E-state index in [1.165, 1.54) is 13.0 Å². The maximum absolute atomic E-state index is 13.8. The van der Waals surface area contributed by atoms with Crippen LogP contribution in [-0.4, -0.2) is 22.4 Å². The fourth-order valence-electron chi connectivity index (χ4n) is 4.30. The molecule has 0 aromatic carbocycles. The van der Waals surface area contributed by atoms with Crippen molar-refractivity contribution in [3.63, 3.8) is 0 Å². The zero-order valence-corrected chi connectivity index (χ0v) is 15.4. The molecule has 0 radical (unpaired) electrons. The fraction of sp³-hybridized carbons (Fsp3) is 0.450. The summed E-state index contributed by atoms with van der Waals surface area (Å²) in [5.41, 5.74) is 1.73. The average Bonchev–Trinajstić information content (AvgIpc) is 3.20. The van der Waals surface area contributed by atoms with Gasteiger partial charge in [0.15, 0.2) is 0 Å². The van der Waals surface area contributed by atoms with E-state index in [-0.39, 0.29) is 17.0 Å². The summed E-state index contributed by atoms with van der Waals surface area (Å²) in [6, 6.07) is 6.54. The van der Waals surface area contributed by atoms with Crippen molar-refractivity contribution in [1.82, 2.24) is 9.97 Å². The number of anilines is 3. The number of pyridine rings is 2. The molecule has 0 saturated heterocycles. The van der Waals surface area contributed by atoms with Crippen LogP contribution in [0.5, 0.6) is 0 Å². The van der Waals surface area contributed by atoms with E-state index >= 15 is 0 Å². The molecule has 1 aliphatic heterocycles. The lowest BCUT2D eigenvalue weighted by molar-refractivity contribution is -0.114. The summed E-state index contributed by atoms with van der Waals surface area (Å²) >= 11 is 0. The molecule has 1 spiro atoms. The van der Waals surface area contributed by atoms with E-state index in [2.05, 4.69) is 15.3 Å². The Bertz CT molecular complexity index is 888. The molecule has 2 aromatic heterocycles. The van der Waals surface area contributed by atoms with Gasteiger partial charge in [-0.3, -0.25) is 4.79 Å². The SMILES string of the molecule is CC(=O)Nc1cc2c(cn1)C1(CCCC1)CN2c1cccc(C(C)(F)F)n1. The van der Waals surface area contributed by atoms with E-state index in [0.717, 1.165) is 43.9 Å². The molecule has 5 nitrogen and oxygen atoms in total. The first kappa shape index (κ1) is 17.8. The minimum Gasteiger partial charge on any atom is -0.325 e. The molecule has 0 bridgehead atoms. The number of hydrogen-bond donors (Lipinski definition) is 1. The van der Waals surface area contributed by atoms with Crippen molar-refractivity contribution in [3.8, 4) is 0 Å². The van der Waals surface area contributed by atoms with Crippen LogP contribution in [0.4, 0.5) is 26.1 Å². The van der Waals surface area contributed by atoms with Crippen LogP contribution in [0.15, 0.2) is 30.5 Å². The summed E-state index contributed by atoms with van der Waals surface area (Å²) in [5.74, 6) is -2.24. The first-order chi connectivity index (χ1) is 12.8. The molecule has 1 amide bonds. The molecule has 1 fully saturated rings. The van der Waals surface area contributed by atoms with Crippen LogP contribution in [0, 0.1) is 0 Å². The van der Waals surface area contributed by atoms with Crippen molar-refractivity contribution in [2.45, 2.75) is 50.9 Å². The molecule has 2 aliphatic rings. The fourth-order valence-corrected chi connectivity index (χ4v) is 4.30. The quantitative estimate of drug-likeness (QED) is 0.861. The molecule has 7 heteroatoms. The predicted molar refractivity (Wildman–Crippen MR) is 99.5 cm³/mol. The third kappa shape index (κ3) is 3.15. The van der Waals surface area contributed by atoms with Gasteiger partial charge in [0, 0.05) is 43.6 Å². The van der Waals surface area contributed by atoms with Crippen LogP contribution < -0.4 is 10.2 Å². The number of halogens is 2. The number of amides is 1. The highest BCUT2D eigenvalue weighted by Gasteiger charge is 2.46. The second-order valence-corrected chi connectivity index (χ2v) is 7.61. The number of alkyl halides is 2. The van der Waals surface area contributed by atoms with E-state index in [1.54, 1.807) is 12.1 Å². The van der Waals surface area contributed by atoms with E-state index in [4.69, 9.17) is 0 Å². The van der Waals surface area contributed by atoms with Gasteiger partial charge in [0.25, 0.3) is 5.92 Å². The molecule has 0 unspecified atom stereocenters. The summed E-state index contributed by atoms with van der Waals surface area (Å²) in [6.45, 7) is 2.98. The second kappa shape index (κ2) is 6.25. The zero-order chi connectivity index (χ0) is 19.2. The minimum absolute atomic E-state index is 0.0243. The lowest BCUT2D eigenvalue weighted by Gasteiger charge is -2.25. The number of carbonyl (C=O) groups excluding carboxylic acids is 1. The third-order valence-electron chi connectivity index (χ3n) is 5.53. The Hall–Kier alpha value is -2.57. The monoisotopic (exact) mass is 372 g/mol. The van der Waals surface area contributed by atoms with Gasteiger partial charge in [0.1, 0.15) is 17.3 Å². The Morgan fingerprint density at radius 1 is 1.30 bits per heavy atom. The van der Waals surface area contributed by atoms with E-state index < -0.39 is 5.92 Å². The number of hydrogen-bond acceptors (Lipinski definition) is 4. The summed E-state index contributed by atoms with van der Waals surface area (Å²) < 4.78 is 27.6. The number of rotatable bonds is 3. The molecule has 0 atom stereocenters. The van der Waals surface area contributed by atoms with Crippen LogP contribution in [0.1, 0.15) is 50.8 Å². The second-order valence-electron chi connectivity index (χ2n) is 7.61. The Morgan fingerprint density at radius 3 is 2.70 bits per heavy atom. The van der Waals surface area contributed by atoms with Crippen molar-refractivity contribution >= 4 is 23.2 Å². The van der Waals surface area contributed by atoms with E-state index in [1.807, 2.05) is 17.2 Å². The van der Waals surface area contributed by atoms with Crippen molar-refractivity contribution in [2.75, 3.05) is 16.8 Å². The summed E-state index contributed by atoms with van der Waals surface area (Å²) in [7, 11) is 0. The Balaban J connectivity index is 1.80. The van der Waals surface area contributed by atoms with Gasteiger partial charge in [-0.2, -0.15) is 8.78 Å². The van der Waals surface area contributed by atoms with Crippen molar-refractivity contribution in [2.24, 2.45) is 0 Å². The molecule has 3 heterocycles. The lowest BCUT2D eigenvalue weighted by Crippen LogP contribution is -2.29. The molecule has 27 heavy (non-hydrogen) atoms. The number of aromatic nitrogens is 2. The smallest absolute Gasteiger partial charge is 0.287 e. The highest BCUT2D eigenvalue weighted by Crippen LogP contribution is 2.52. The molecule has 142 valence electrons. The maximum atomic E-state index is 13.8. The van der Waals surface area contributed by atoms with Gasteiger partial charge in [-0.1, -0.05) is 18.9 Å². The molecule has 4 rings (SSSR count). The summed E-state index contributed by atoms with van der Waals surface area (Å²) in [6.07, 6.45) is 6.19. The highest BCUT2D eigenvalue weighted by atomic mass is 19.3. The van der Waals surface area contributed by atoms with Crippen molar-refractivity contribution in [3.05, 3.63) is 41.7 Å². The van der Waals surface area contributed by atoms with Gasteiger partial charge in [-0.05, 0) is 25.0 Å². The maximum Gasteiger partial charge on any atom is 0.287 e. The lowest BCUT2D eigenvalue weighted by atomic mass is 9.82. The highest BCUT2D eigenvalue weighted by molar-refractivity contribution is 5.88. The van der Waals surface area contributed by atoms with E-state index in [9.17, 15) is 13.6 Å². The Morgan fingerprint density at radius 2 is 2.04 bits per heavy atom. The number of nitrogens with one attached hydrogen (secondary N) is 1. The van der Waals surface area contributed by atoms with Gasteiger partial charge >= 0.3 is 0 Å². The van der Waals surface area contributed by atoms with Gasteiger partial charge < -0.3 is 10.2 Å². The largest absolute Gasteiger partial charge is 0.325 e. The molecule has 2 aromatic rings. The molecule has 1 N–H and O–H groups in total. The Kier molecular flexibility index (Phi) is 4.13. The van der Waals surface area contributed by atoms with Gasteiger partial charge in [0.05, 0.1) is 5.69 Å². The number of carbonyl (C=O) groups is 1. The zero-order valence-electron chi connectivity index (χ0n) is 15.4. The first-order valence-corrected chi connectivity index (χ1v) is 9.20. The number of fused-ring (bicyclic) bond motifs is 2. The molecular weight excluding hydrogens is 350 g/mol. The molecular formula is C20H22F2N4O. The van der Waals surface area contributed by atoms with Crippen molar-refractivity contribution in [1.29, 1.82) is 0 Å². The van der Waals surface area contributed by atoms with Gasteiger partial charge in [-0.25, -0.2) is 9.97 Å². The van der Waals surface area contributed by atoms with Crippen LogP contribution in [0.3, 0.4) is 0 Å². The first-order valence-electron chi connectivity index (χ1n) is 9.20. The Labute approximate surface area is 156 Å². The molecule has 1 saturated carbocycles. The number of nitrogens with zero attached hydrogens (tertiary/aromatic N) is 3. The summed E-state index contributed by atoms with van der Waals surface area (Å²) in [5, 5.41) is 2.70. The van der Waals surface area contributed by atoms with Gasteiger partial charge in [0.2, 0.25) is 5.91 Å².